The fourth-order valence-electron chi connectivity index (χ4n) is 3.18. The topological polar surface area (TPSA) is 94.7 Å². The van der Waals surface area contributed by atoms with Crippen molar-refractivity contribution in [3.05, 3.63) is 86.8 Å². The van der Waals surface area contributed by atoms with Crippen LogP contribution in [-0.4, -0.2) is 28.4 Å². The second kappa shape index (κ2) is 13.1. The molecule has 4 rings (SSSR count). The van der Waals surface area contributed by atoms with E-state index in [0.29, 0.717) is 37.7 Å². The molecule has 196 valence electrons. The number of methoxy groups -OCH3 is 1. The van der Waals surface area contributed by atoms with Gasteiger partial charge in [-0.3, -0.25) is 0 Å². The fourth-order valence-corrected chi connectivity index (χ4v) is 6.61. The Morgan fingerprint density at radius 1 is 1.05 bits per heavy atom. The van der Waals surface area contributed by atoms with Crippen LogP contribution in [0, 0.1) is 7.14 Å². The summed E-state index contributed by atoms with van der Waals surface area (Å²) in [5.74, 6) is 0.171. The summed E-state index contributed by atoms with van der Waals surface area (Å²) in [6.07, 6.45) is 1.53. The number of aromatic nitrogens is 2. The molecule has 0 saturated heterocycles. The molecule has 13 heteroatoms. The second-order valence-corrected chi connectivity index (χ2v) is 12.1. The van der Waals surface area contributed by atoms with Crippen LogP contribution < -0.4 is 9.47 Å². The Morgan fingerprint density at radius 2 is 1.74 bits per heavy atom. The summed E-state index contributed by atoms with van der Waals surface area (Å²) in [4.78, 5) is 12.0. The van der Waals surface area contributed by atoms with Crippen LogP contribution in [0.1, 0.15) is 11.1 Å². The summed E-state index contributed by atoms with van der Waals surface area (Å²) in [5.41, 5.74) is 1.96. The molecule has 3 aromatic carbocycles. The third kappa shape index (κ3) is 7.27. The van der Waals surface area contributed by atoms with Gasteiger partial charge in [-0.05, 0) is 111 Å². The number of nitrogens with zero attached hydrogens (tertiary/aromatic N) is 2. The molecule has 0 saturated carbocycles. The van der Waals surface area contributed by atoms with Gasteiger partial charge in [-0.25, -0.2) is 4.79 Å². The lowest BCUT2D eigenvalue weighted by molar-refractivity contribution is -0.131. The number of benzene rings is 3. The number of thioether (sulfide) groups is 1. The summed E-state index contributed by atoms with van der Waals surface area (Å²) < 4.78 is 18.6. The Kier molecular flexibility index (Phi) is 10.1. The number of carboxylic acid groups (broad SMARTS) is 1. The van der Waals surface area contributed by atoms with Crippen molar-refractivity contribution >= 4 is 104 Å². The lowest BCUT2D eigenvalue weighted by Gasteiger charge is -2.13. The zero-order chi connectivity index (χ0) is 27.4. The number of hydrogen-bond donors (Lipinski definition) is 1. The first-order valence-corrected chi connectivity index (χ1v) is 14.6. The zero-order valence-corrected chi connectivity index (χ0v) is 26.6. The summed E-state index contributed by atoms with van der Waals surface area (Å²) in [5, 5.41) is 19.4. The molecule has 0 aliphatic heterocycles. The highest BCUT2D eigenvalue weighted by atomic mass is 127. The Balaban J connectivity index is 1.55. The average molecular weight is 816 g/mol. The first-order valence-electron chi connectivity index (χ1n) is 10.5. The van der Waals surface area contributed by atoms with Crippen molar-refractivity contribution in [1.82, 2.24) is 10.2 Å². The SMILES string of the molecule is COc1ccc(Cl)cc1-c1nnc(S/C(=C\c2cc(I)c(OCc3ccc(Cl)cc3Cl)c(I)c2)C(=O)O)o1. The van der Waals surface area contributed by atoms with Crippen LogP contribution in [0.25, 0.3) is 17.5 Å². The molecule has 4 aromatic rings. The lowest BCUT2D eigenvalue weighted by Crippen LogP contribution is -2.01. The minimum absolute atomic E-state index is 0.00789. The average Bonchev–Trinajstić information content (AvgIpc) is 3.32. The van der Waals surface area contributed by atoms with E-state index in [1.165, 1.54) is 13.2 Å². The van der Waals surface area contributed by atoms with Crippen LogP contribution in [-0.2, 0) is 11.4 Å². The minimum atomic E-state index is -1.14. The van der Waals surface area contributed by atoms with Gasteiger partial charge in [0, 0.05) is 20.6 Å². The van der Waals surface area contributed by atoms with Crippen LogP contribution in [0.15, 0.2) is 63.1 Å². The number of rotatable bonds is 9. The molecule has 0 spiro atoms. The van der Waals surface area contributed by atoms with Crippen molar-refractivity contribution in [1.29, 1.82) is 0 Å². The predicted octanol–water partition coefficient (Wildman–Crippen LogP) is 8.71. The molecule has 1 N–H and O–H groups in total. The van der Waals surface area contributed by atoms with Gasteiger partial charge in [0.2, 0.25) is 0 Å². The highest BCUT2D eigenvalue weighted by Gasteiger charge is 2.19. The van der Waals surface area contributed by atoms with E-state index in [9.17, 15) is 9.90 Å². The summed E-state index contributed by atoms with van der Waals surface area (Å²) >= 11 is 23.4. The van der Waals surface area contributed by atoms with E-state index in [-0.39, 0.29) is 22.6 Å². The molecule has 0 aliphatic rings. The Bertz CT molecular complexity index is 1520. The van der Waals surface area contributed by atoms with E-state index < -0.39 is 5.97 Å². The van der Waals surface area contributed by atoms with Crippen LogP contribution in [0.2, 0.25) is 15.1 Å². The standard InChI is InChI=1S/C25H15Cl3I2N2O5S/c1-35-20-5-4-14(26)9-16(20)23-31-32-25(37-23)38-21(24(33)34)8-12-6-18(29)22(19(30)7-12)36-11-13-2-3-15(27)10-17(13)28/h2-10H,11H2,1H3,(H,33,34)/b21-8-. The molecule has 7 nitrogen and oxygen atoms in total. The molecular weight excluding hydrogens is 801 g/mol. The van der Waals surface area contributed by atoms with Crippen molar-refractivity contribution in [2.45, 2.75) is 11.8 Å². The first kappa shape index (κ1) is 29.3. The summed E-state index contributed by atoms with van der Waals surface area (Å²) in [6, 6.07) is 13.8. The van der Waals surface area contributed by atoms with Gasteiger partial charge in [-0.1, -0.05) is 40.9 Å². The van der Waals surface area contributed by atoms with E-state index in [1.807, 2.05) is 18.2 Å². The maximum absolute atomic E-state index is 12.0. The highest BCUT2D eigenvalue weighted by Crippen LogP contribution is 2.36. The molecular formula is C25H15Cl3I2N2O5S. The zero-order valence-electron chi connectivity index (χ0n) is 19.2. The predicted molar refractivity (Wildman–Crippen MR) is 165 cm³/mol. The van der Waals surface area contributed by atoms with Crippen molar-refractivity contribution < 1.29 is 23.8 Å². The van der Waals surface area contributed by atoms with Gasteiger partial charge in [-0.2, -0.15) is 0 Å². The van der Waals surface area contributed by atoms with Crippen molar-refractivity contribution in [2.75, 3.05) is 7.11 Å². The smallest absolute Gasteiger partial charge is 0.342 e. The molecule has 1 aromatic heterocycles. The van der Waals surface area contributed by atoms with E-state index >= 15 is 0 Å². The normalized spacial score (nSPS) is 11.5. The number of carbonyl (C=O) groups is 1. The van der Waals surface area contributed by atoms with E-state index in [1.54, 1.807) is 30.3 Å². The third-order valence-corrected chi connectivity index (χ3v) is 8.19. The quantitative estimate of drug-likeness (QED) is 0.102. The largest absolute Gasteiger partial charge is 0.496 e. The van der Waals surface area contributed by atoms with Crippen molar-refractivity contribution in [3.8, 4) is 23.0 Å². The Labute approximate surface area is 264 Å². The van der Waals surface area contributed by atoms with Crippen molar-refractivity contribution in [2.24, 2.45) is 0 Å². The summed E-state index contributed by atoms with van der Waals surface area (Å²) in [6.45, 7) is 0.254. The number of halogens is 5. The Morgan fingerprint density at radius 3 is 2.39 bits per heavy atom. The van der Waals surface area contributed by atoms with Gasteiger partial charge in [0.15, 0.2) is 0 Å². The molecule has 0 unspecified atom stereocenters. The van der Waals surface area contributed by atoms with Crippen LogP contribution in [0.5, 0.6) is 11.5 Å². The van der Waals surface area contributed by atoms with E-state index in [4.69, 9.17) is 48.7 Å². The molecule has 1 heterocycles. The van der Waals surface area contributed by atoms with Gasteiger partial charge >= 0.3 is 5.97 Å². The van der Waals surface area contributed by atoms with Crippen LogP contribution in [0.3, 0.4) is 0 Å². The molecule has 0 fully saturated rings. The highest BCUT2D eigenvalue weighted by molar-refractivity contribution is 14.1. The van der Waals surface area contributed by atoms with E-state index in [0.717, 1.165) is 24.5 Å². The Hall–Kier alpha value is -1.71. The molecule has 0 atom stereocenters. The van der Waals surface area contributed by atoms with Gasteiger partial charge in [-0.15, -0.1) is 10.2 Å². The van der Waals surface area contributed by atoms with Gasteiger partial charge in [0.25, 0.3) is 11.1 Å². The molecule has 0 radical (unpaired) electrons. The lowest BCUT2D eigenvalue weighted by atomic mass is 10.2. The number of carboxylic acids is 1. The van der Waals surface area contributed by atoms with Crippen LogP contribution in [0.4, 0.5) is 0 Å². The fraction of sp³-hybridized carbons (Fsp3) is 0.0800. The second-order valence-electron chi connectivity index (χ2n) is 7.47. The first-order chi connectivity index (χ1) is 18.1. The van der Waals surface area contributed by atoms with Gasteiger partial charge in [0.05, 0.1) is 19.8 Å². The monoisotopic (exact) mass is 814 g/mol. The maximum atomic E-state index is 12.0. The van der Waals surface area contributed by atoms with Crippen molar-refractivity contribution in [3.63, 3.8) is 0 Å². The minimum Gasteiger partial charge on any atom is -0.496 e. The van der Waals surface area contributed by atoms with Gasteiger partial charge in [0.1, 0.15) is 23.0 Å². The molecule has 0 aliphatic carbocycles. The molecule has 0 bridgehead atoms. The number of hydrogen-bond acceptors (Lipinski definition) is 7. The number of aliphatic carboxylic acids is 1. The summed E-state index contributed by atoms with van der Waals surface area (Å²) in [7, 11) is 1.51. The molecule has 0 amide bonds. The van der Waals surface area contributed by atoms with Crippen LogP contribution >= 0.6 is 91.7 Å². The van der Waals surface area contributed by atoms with E-state index in [2.05, 4.69) is 55.4 Å². The third-order valence-electron chi connectivity index (χ3n) is 4.91. The van der Waals surface area contributed by atoms with Gasteiger partial charge < -0.3 is 19.0 Å². The molecule has 38 heavy (non-hydrogen) atoms. The maximum Gasteiger partial charge on any atom is 0.342 e. The number of ether oxygens (including phenoxy) is 2.